The molecule has 0 amide bonds. The first-order valence-electron chi connectivity index (χ1n) is 7.34. The second-order valence-electron chi connectivity index (χ2n) is 5.51. The molecule has 2 N–H and O–H groups in total. The van der Waals surface area contributed by atoms with Crippen LogP contribution in [0.4, 0.5) is 11.4 Å². The van der Waals surface area contributed by atoms with Crippen molar-refractivity contribution in [2.24, 2.45) is 0 Å². The van der Waals surface area contributed by atoms with Crippen LogP contribution >= 0.6 is 0 Å². The van der Waals surface area contributed by atoms with Crippen LogP contribution in [0.25, 0.3) is 0 Å². The number of aromatic nitrogens is 2. The molecule has 20 heavy (non-hydrogen) atoms. The first-order valence-corrected chi connectivity index (χ1v) is 7.34. The highest BCUT2D eigenvalue weighted by Gasteiger charge is 2.18. The maximum Gasteiger partial charge on any atom is 0.0599 e. The molecule has 0 saturated heterocycles. The van der Waals surface area contributed by atoms with Crippen molar-refractivity contribution in [3.05, 3.63) is 41.2 Å². The minimum atomic E-state index is 0.843. The van der Waals surface area contributed by atoms with E-state index >= 15 is 0 Å². The largest absolute Gasteiger partial charge is 0.399 e. The number of nitrogens with zero attached hydrogens (tertiary/aromatic N) is 3. The van der Waals surface area contributed by atoms with Gasteiger partial charge < -0.3 is 10.6 Å². The molecule has 2 aromatic rings. The molecule has 1 aliphatic heterocycles. The van der Waals surface area contributed by atoms with Crippen molar-refractivity contribution in [3.63, 3.8) is 0 Å². The van der Waals surface area contributed by atoms with Crippen molar-refractivity contribution in [3.8, 4) is 0 Å². The Morgan fingerprint density at radius 3 is 2.95 bits per heavy atom. The SMILES string of the molecule is CCn1nc(C)cc1CN1CCCc2ccc(N)cc21. The zero-order valence-corrected chi connectivity index (χ0v) is 12.3. The molecule has 1 aromatic heterocycles. The van der Waals surface area contributed by atoms with Gasteiger partial charge in [-0.15, -0.1) is 0 Å². The molecule has 0 atom stereocenters. The van der Waals surface area contributed by atoms with Crippen molar-refractivity contribution in [2.45, 2.75) is 39.8 Å². The van der Waals surface area contributed by atoms with E-state index in [1.807, 2.05) is 6.07 Å². The summed E-state index contributed by atoms with van der Waals surface area (Å²) in [5, 5.41) is 4.53. The zero-order valence-electron chi connectivity index (χ0n) is 12.3. The van der Waals surface area contributed by atoms with Gasteiger partial charge >= 0.3 is 0 Å². The normalized spacial score (nSPS) is 14.4. The topological polar surface area (TPSA) is 47.1 Å². The molecule has 4 nitrogen and oxygen atoms in total. The molecule has 0 spiro atoms. The van der Waals surface area contributed by atoms with Gasteiger partial charge in [0.1, 0.15) is 0 Å². The second-order valence-corrected chi connectivity index (χ2v) is 5.51. The maximum atomic E-state index is 5.95. The standard InChI is InChI=1S/C16H22N4/c1-3-20-15(9-12(2)18-20)11-19-8-4-5-13-6-7-14(17)10-16(13)19/h6-7,9-10H,3-5,8,11,17H2,1-2H3. The molecule has 0 saturated carbocycles. The third kappa shape index (κ3) is 2.38. The third-order valence-corrected chi connectivity index (χ3v) is 3.96. The Bertz CT molecular complexity index is 615. The predicted molar refractivity (Wildman–Crippen MR) is 82.9 cm³/mol. The quantitative estimate of drug-likeness (QED) is 0.872. The molecule has 0 aliphatic carbocycles. The van der Waals surface area contributed by atoms with E-state index in [1.54, 1.807) is 0 Å². The highest BCUT2D eigenvalue weighted by Crippen LogP contribution is 2.30. The van der Waals surface area contributed by atoms with E-state index in [0.717, 1.165) is 37.4 Å². The first kappa shape index (κ1) is 13.0. The lowest BCUT2D eigenvalue weighted by molar-refractivity contribution is 0.595. The van der Waals surface area contributed by atoms with E-state index < -0.39 is 0 Å². The fraction of sp³-hybridized carbons (Fsp3) is 0.438. The number of benzene rings is 1. The van der Waals surface area contributed by atoms with E-state index in [1.165, 1.54) is 23.4 Å². The average molecular weight is 270 g/mol. The Labute approximate surface area is 120 Å². The van der Waals surface area contributed by atoms with Crippen LogP contribution in [0.3, 0.4) is 0 Å². The number of hydrogen-bond acceptors (Lipinski definition) is 3. The number of hydrogen-bond donors (Lipinski definition) is 1. The highest BCUT2D eigenvalue weighted by atomic mass is 15.3. The summed E-state index contributed by atoms with van der Waals surface area (Å²) < 4.78 is 2.09. The van der Waals surface area contributed by atoms with Crippen molar-refractivity contribution in [1.82, 2.24) is 9.78 Å². The van der Waals surface area contributed by atoms with Gasteiger partial charge in [0.05, 0.1) is 17.9 Å². The average Bonchev–Trinajstić information content (AvgIpc) is 2.79. The second kappa shape index (κ2) is 5.19. The summed E-state index contributed by atoms with van der Waals surface area (Å²) in [5.41, 5.74) is 11.9. The smallest absolute Gasteiger partial charge is 0.0599 e. The number of nitrogen functional groups attached to an aromatic ring is 1. The highest BCUT2D eigenvalue weighted by molar-refractivity contribution is 5.62. The lowest BCUT2D eigenvalue weighted by Gasteiger charge is -2.31. The van der Waals surface area contributed by atoms with Crippen LogP contribution < -0.4 is 10.6 Å². The number of nitrogens with two attached hydrogens (primary N) is 1. The van der Waals surface area contributed by atoms with E-state index in [-0.39, 0.29) is 0 Å². The third-order valence-electron chi connectivity index (χ3n) is 3.96. The van der Waals surface area contributed by atoms with Gasteiger partial charge in [0.15, 0.2) is 0 Å². The first-order chi connectivity index (χ1) is 9.67. The summed E-state index contributed by atoms with van der Waals surface area (Å²) in [6, 6.07) is 8.46. The summed E-state index contributed by atoms with van der Waals surface area (Å²) in [5.74, 6) is 0. The van der Waals surface area contributed by atoms with E-state index in [2.05, 4.69) is 46.7 Å². The molecule has 2 heterocycles. The van der Waals surface area contributed by atoms with Crippen LogP contribution in [-0.2, 0) is 19.5 Å². The minimum absolute atomic E-state index is 0.843. The molecule has 0 bridgehead atoms. The van der Waals surface area contributed by atoms with E-state index in [9.17, 15) is 0 Å². The fourth-order valence-electron chi connectivity index (χ4n) is 3.03. The van der Waals surface area contributed by atoms with E-state index in [0.29, 0.717) is 0 Å². The summed E-state index contributed by atoms with van der Waals surface area (Å²) in [6.45, 7) is 7.10. The van der Waals surface area contributed by atoms with Gasteiger partial charge in [-0.05, 0) is 50.5 Å². The van der Waals surface area contributed by atoms with Gasteiger partial charge in [-0.3, -0.25) is 4.68 Å². The lowest BCUT2D eigenvalue weighted by atomic mass is 10.0. The van der Waals surface area contributed by atoms with Crippen molar-refractivity contribution < 1.29 is 0 Å². The molecular weight excluding hydrogens is 248 g/mol. The zero-order chi connectivity index (χ0) is 14.1. The Balaban J connectivity index is 1.91. The monoisotopic (exact) mass is 270 g/mol. The fourth-order valence-corrected chi connectivity index (χ4v) is 3.03. The summed E-state index contributed by atoms with van der Waals surface area (Å²) in [4.78, 5) is 2.43. The molecule has 0 fully saturated rings. The van der Waals surface area contributed by atoms with Crippen LogP contribution in [0, 0.1) is 6.92 Å². The van der Waals surface area contributed by atoms with Gasteiger partial charge in [0, 0.05) is 24.5 Å². The van der Waals surface area contributed by atoms with Gasteiger partial charge in [-0.1, -0.05) is 6.07 Å². The van der Waals surface area contributed by atoms with Gasteiger partial charge in [-0.25, -0.2) is 0 Å². The van der Waals surface area contributed by atoms with Crippen LogP contribution in [0.5, 0.6) is 0 Å². The van der Waals surface area contributed by atoms with E-state index in [4.69, 9.17) is 5.73 Å². The number of fused-ring (bicyclic) bond motifs is 1. The maximum absolute atomic E-state index is 5.95. The number of aryl methyl sites for hydroxylation is 3. The van der Waals surface area contributed by atoms with Crippen LogP contribution in [-0.4, -0.2) is 16.3 Å². The summed E-state index contributed by atoms with van der Waals surface area (Å²) in [7, 11) is 0. The number of rotatable bonds is 3. The number of anilines is 2. The molecule has 0 radical (unpaired) electrons. The minimum Gasteiger partial charge on any atom is -0.399 e. The predicted octanol–water partition coefficient (Wildman–Crippen LogP) is 2.75. The summed E-state index contributed by atoms with van der Waals surface area (Å²) >= 11 is 0. The molecule has 1 aromatic carbocycles. The van der Waals surface area contributed by atoms with Crippen molar-refractivity contribution in [2.75, 3.05) is 17.2 Å². The molecule has 1 aliphatic rings. The Kier molecular flexibility index (Phi) is 3.38. The Morgan fingerprint density at radius 2 is 2.15 bits per heavy atom. The van der Waals surface area contributed by atoms with Crippen LogP contribution in [0.15, 0.2) is 24.3 Å². The molecule has 0 unspecified atom stereocenters. The van der Waals surface area contributed by atoms with Crippen LogP contribution in [0.2, 0.25) is 0 Å². The van der Waals surface area contributed by atoms with Crippen molar-refractivity contribution in [1.29, 1.82) is 0 Å². The van der Waals surface area contributed by atoms with Gasteiger partial charge in [0.25, 0.3) is 0 Å². The molecular formula is C16H22N4. The molecule has 4 heteroatoms. The summed E-state index contributed by atoms with van der Waals surface area (Å²) in [6.07, 6.45) is 2.36. The lowest BCUT2D eigenvalue weighted by Crippen LogP contribution is -2.30. The van der Waals surface area contributed by atoms with Crippen molar-refractivity contribution >= 4 is 11.4 Å². The molecule has 3 rings (SSSR count). The Hall–Kier alpha value is -1.97. The van der Waals surface area contributed by atoms with Gasteiger partial charge in [0.2, 0.25) is 0 Å². The Morgan fingerprint density at radius 1 is 1.30 bits per heavy atom. The van der Waals surface area contributed by atoms with Gasteiger partial charge in [-0.2, -0.15) is 5.10 Å². The molecule has 106 valence electrons. The van der Waals surface area contributed by atoms with Crippen LogP contribution in [0.1, 0.15) is 30.3 Å².